The van der Waals surface area contributed by atoms with Gasteiger partial charge in [0.15, 0.2) is 6.61 Å². The van der Waals surface area contributed by atoms with Gasteiger partial charge in [0.05, 0.1) is 17.3 Å². The van der Waals surface area contributed by atoms with E-state index in [0.29, 0.717) is 42.9 Å². The first-order valence-electron chi connectivity index (χ1n) is 8.22. The summed E-state index contributed by atoms with van der Waals surface area (Å²) < 4.78 is 5.41. The Labute approximate surface area is 145 Å². The second-order valence-electron chi connectivity index (χ2n) is 6.34. The van der Waals surface area contributed by atoms with Crippen LogP contribution in [0.5, 0.6) is 5.75 Å². The highest BCUT2D eigenvalue weighted by Crippen LogP contribution is 2.33. The van der Waals surface area contributed by atoms with Crippen LogP contribution < -0.4 is 15.4 Å². The molecule has 1 fully saturated rings. The second-order valence-corrected chi connectivity index (χ2v) is 6.34. The zero-order valence-electron chi connectivity index (χ0n) is 13.7. The van der Waals surface area contributed by atoms with E-state index in [2.05, 4.69) is 6.07 Å². The monoisotopic (exact) mass is 344 g/mol. The van der Waals surface area contributed by atoms with E-state index in [9.17, 15) is 14.7 Å². The summed E-state index contributed by atoms with van der Waals surface area (Å²) in [5.74, 6) is 0.358. The van der Waals surface area contributed by atoms with Crippen molar-refractivity contribution in [2.24, 2.45) is 5.73 Å². The van der Waals surface area contributed by atoms with Gasteiger partial charge in [-0.25, -0.2) is 4.79 Å². The molecule has 3 rings (SSSR count). The number of carboxylic acid groups (broad SMARTS) is 1. The summed E-state index contributed by atoms with van der Waals surface area (Å²) in [4.78, 5) is 26.7. The number of likely N-dealkylation sites (tertiary alicyclic amines) is 1. The molecule has 1 saturated heterocycles. The summed E-state index contributed by atoms with van der Waals surface area (Å²) in [5, 5.41) is 18.4. The first kappa shape index (κ1) is 17.0. The number of amides is 2. The smallest absolute Gasteiger partial charge is 0.407 e. The molecule has 0 bridgehead atoms. The second kappa shape index (κ2) is 6.99. The molecule has 0 radical (unpaired) electrons. The normalized spacial score (nSPS) is 22.8. The number of ether oxygens (including phenoxy) is 1. The van der Waals surface area contributed by atoms with Gasteiger partial charge in [0.25, 0.3) is 5.91 Å². The van der Waals surface area contributed by atoms with Crippen molar-refractivity contribution in [3.63, 3.8) is 0 Å². The van der Waals surface area contributed by atoms with E-state index in [-0.39, 0.29) is 24.6 Å². The first-order valence-corrected chi connectivity index (χ1v) is 8.22. The lowest BCUT2D eigenvalue weighted by Crippen LogP contribution is -2.52. The molecule has 0 aromatic heterocycles. The third-order valence-corrected chi connectivity index (χ3v) is 4.71. The van der Waals surface area contributed by atoms with Crippen LogP contribution in [0.4, 0.5) is 10.5 Å². The molecule has 132 valence electrons. The van der Waals surface area contributed by atoms with Crippen molar-refractivity contribution in [1.82, 2.24) is 4.90 Å². The van der Waals surface area contributed by atoms with Gasteiger partial charge < -0.3 is 25.4 Å². The van der Waals surface area contributed by atoms with Gasteiger partial charge in [-0.3, -0.25) is 4.79 Å². The minimum atomic E-state index is -0.986. The molecule has 2 heterocycles. The number of nitriles is 1. The molecule has 0 aliphatic carbocycles. The van der Waals surface area contributed by atoms with Crippen LogP contribution in [-0.2, 0) is 4.79 Å². The van der Waals surface area contributed by atoms with E-state index < -0.39 is 6.09 Å². The summed E-state index contributed by atoms with van der Waals surface area (Å²) in [6.07, 6.45) is 0.972. The van der Waals surface area contributed by atoms with E-state index in [4.69, 9.17) is 15.7 Å². The van der Waals surface area contributed by atoms with Crippen LogP contribution in [0.2, 0.25) is 0 Å². The molecule has 0 spiro atoms. The zero-order chi connectivity index (χ0) is 18.0. The maximum absolute atomic E-state index is 12.3. The number of hydrogen-bond donors (Lipinski definition) is 2. The van der Waals surface area contributed by atoms with Gasteiger partial charge in [0, 0.05) is 25.2 Å². The molecular formula is C17H20N4O4. The summed E-state index contributed by atoms with van der Waals surface area (Å²) in [5.41, 5.74) is 6.87. The topological polar surface area (TPSA) is 120 Å². The molecular weight excluding hydrogens is 324 g/mol. The van der Waals surface area contributed by atoms with Crippen molar-refractivity contribution in [2.45, 2.75) is 31.3 Å². The van der Waals surface area contributed by atoms with Gasteiger partial charge >= 0.3 is 6.09 Å². The predicted octanol–water partition coefficient (Wildman–Crippen LogP) is 1.14. The van der Waals surface area contributed by atoms with Crippen molar-refractivity contribution in [2.75, 3.05) is 24.6 Å². The molecule has 8 nitrogen and oxygen atoms in total. The predicted molar refractivity (Wildman–Crippen MR) is 89.4 cm³/mol. The molecule has 25 heavy (non-hydrogen) atoms. The number of carbonyl (C=O) groups is 2. The highest BCUT2D eigenvalue weighted by Gasteiger charge is 2.32. The van der Waals surface area contributed by atoms with Crippen LogP contribution in [0.25, 0.3) is 0 Å². The van der Waals surface area contributed by atoms with Gasteiger partial charge in [-0.05, 0) is 37.5 Å². The van der Waals surface area contributed by atoms with E-state index >= 15 is 0 Å². The Balaban J connectivity index is 1.76. The highest BCUT2D eigenvalue weighted by atomic mass is 16.5. The summed E-state index contributed by atoms with van der Waals surface area (Å²) in [6.45, 7) is 0.622. The molecule has 8 heteroatoms. The van der Waals surface area contributed by atoms with Gasteiger partial charge in [0.2, 0.25) is 0 Å². The lowest BCUT2D eigenvalue weighted by Gasteiger charge is -2.38. The lowest BCUT2D eigenvalue weighted by atomic mass is 9.96. The SMILES string of the molecule is N#Cc1ccc2c(c1)N(CC[C@@H]1CC[C@@H](N)CN1C(=O)O)C(=O)CO2. The molecule has 2 aliphatic rings. The molecule has 2 amide bonds. The molecule has 3 N–H and O–H groups in total. The van der Waals surface area contributed by atoms with Crippen LogP contribution in [0.1, 0.15) is 24.8 Å². The Morgan fingerprint density at radius 1 is 1.44 bits per heavy atom. The largest absolute Gasteiger partial charge is 0.482 e. The van der Waals surface area contributed by atoms with Crippen LogP contribution >= 0.6 is 0 Å². The van der Waals surface area contributed by atoms with Gasteiger partial charge in [-0.1, -0.05) is 0 Å². The maximum Gasteiger partial charge on any atom is 0.407 e. The summed E-state index contributed by atoms with van der Waals surface area (Å²) >= 11 is 0. The Hall–Kier alpha value is -2.79. The summed E-state index contributed by atoms with van der Waals surface area (Å²) in [6, 6.07) is 6.68. The molecule has 2 atom stereocenters. The quantitative estimate of drug-likeness (QED) is 0.848. The fourth-order valence-electron chi connectivity index (χ4n) is 3.38. The van der Waals surface area contributed by atoms with Crippen molar-refractivity contribution in [3.05, 3.63) is 23.8 Å². The minimum absolute atomic E-state index is 0.0584. The number of nitrogens with zero attached hydrogens (tertiary/aromatic N) is 3. The van der Waals surface area contributed by atoms with E-state index in [1.165, 1.54) is 4.90 Å². The molecule has 0 unspecified atom stereocenters. The van der Waals surface area contributed by atoms with Crippen molar-refractivity contribution in [3.8, 4) is 11.8 Å². The summed E-state index contributed by atoms with van der Waals surface area (Å²) in [7, 11) is 0. The van der Waals surface area contributed by atoms with Crippen LogP contribution in [0.3, 0.4) is 0 Å². The zero-order valence-corrected chi connectivity index (χ0v) is 13.7. The van der Waals surface area contributed by atoms with Crippen molar-refractivity contribution in [1.29, 1.82) is 5.26 Å². The standard InChI is InChI=1S/C17H20N4O4/c18-8-11-1-4-15-14(7-11)20(16(22)10-25-15)6-5-13-3-2-12(19)9-21(13)17(23)24/h1,4,7,12-13H,2-3,5-6,9-10,19H2,(H,23,24)/t12-,13+/m1/s1. The Morgan fingerprint density at radius 3 is 2.96 bits per heavy atom. The average Bonchev–Trinajstić information content (AvgIpc) is 2.61. The average molecular weight is 344 g/mol. The molecule has 2 aliphatic heterocycles. The number of piperidine rings is 1. The lowest BCUT2D eigenvalue weighted by molar-refractivity contribution is -0.121. The number of fused-ring (bicyclic) bond motifs is 1. The number of anilines is 1. The Bertz CT molecular complexity index is 730. The Kier molecular flexibility index (Phi) is 4.76. The fourth-order valence-corrected chi connectivity index (χ4v) is 3.38. The van der Waals surface area contributed by atoms with Crippen LogP contribution in [0, 0.1) is 11.3 Å². The number of rotatable bonds is 3. The molecule has 1 aromatic carbocycles. The molecule has 1 aromatic rings. The highest BCUT2D eigenvalue weighted by molar-refractivity contribution is 5.98. The van der Waals surface area contributed by atoms with E-state index in [1.54, 1.807) is 23.1 Å². The first-order chi connectivity index (χ1) is 12.0. The van der Waals surface area contributed by atoms with Crippen LogP contribution in [0.15, 0.2) is 18.2 Å². The minimum Gasteiger partial charge on any atom is -0.482 e. The Morgan fingerprint density at radius 2 is 2.24 bits per heavy atom. The van der Waals surface area contributed by atoms with Gasteiger partial charge in [0.1, 0.15) is 5.75 Å². The fraction of sp³-hybridized carbons (Fsp3) is 0.471. The maximum atomic E-state index is 12.3. The van der Waals surface area contributed by atoms with E-state index in [0.717, 1.165) is 6.42 Å². The van der Waals surface area contributed by atoms with Crippen molar-refractivity contribution < 1.29 is 19.4 Å². The molecule has 0 saturated carbocycles. The number of benzene rings is 1. The van der Waals surface area contributed by atoms with Gasteiger partial charge in [-0.15, -0.1) is 0 Å². The third-order valence-electron chi connectivity index (χ3n) is 4.71. The number of hydrogen-bond acceptors (Lipinski definition) is 5. The number of nitrogens with two attached hydrogens (primary N) is 1. The van der Waals surface area contributed by atoms with Crippen molar-refractivity contribution >= 4 is 17.7 Å². The van der Waals surface area contributed by atoms with E-state index in [1.807, 2.05) is 0 Å². The van der Waals surface area contributed by atoms with Crippen LogP contribution in [-0.4, -0.2) is 53.8 Å². The van der Waals surface area contributed by atoms with Gasteiger partial charge in [-0.2, -0.15) is 5.26 Å². The number of carbonyl (C=O) groups excluding carboxylic acids is 1. The third kappa shape index (κ3) is 3.51.